The maximum absolute atomic E-state index is 13.9. The third kappa shape index (κ3) is 9.95. The molecule has 3 unspecified atom stereocenters. The maximum atomic E-state index is 13.9. The molecular formula is C26H43N3O4S. The van der Waals surface area contributed by atoms with Crippen molar-refractivity contribution in [3.63, 3.8) is 0 Å². The Morgan fingerprint density at radius 1 is 0.971 bits per heavy atom. The number of hydrogen-bond acceptors (Lipinski definition) is 5. The van der Waals surface area contributed by atoms with Crippen molar-refractivity contribution >= 4 is 30.5 Å². The largest absolute Gasteiger partial charge is 0.444 e. The van der Waals surface area contributed by atoms with Gasteiger partial charge < -0.3 is 20.3 Å². The van der Waals surface area contributed by atoms with Crippen LogP contribution in [0.5, 0.6) is 0 Å². The second-order valence-electron chi connectivity index (χ2n) is 10.4. The van der Waals surface area contributed by atoms with E-state index in [1.807, 2.05) is 51.1 Å². The van der Waals surface area contributed by atoms with Crippen molar-refractivity contribution in [3.05, 3.63) is 35.9 Å². The van der Waals surface area contributed by atoms with E-state index in [9.17, 15) is 14.4 Å². The first-order valence-electron chi connectivity index (χ1n) is 12.0. The summed E-state index contributed by atoms with van der Waals surface area (Å²) in [5, 5.41) is 5.61. The summed E-state index contributed by atoms with van der Waals surface area (Å²) in [6.45, 7) is 15.2. The molecule has 0 aromatic heterocycles. The molecule has 3 atom stereocenters. The van der Waals surface area contributed by atoms with Crippen molar-refractivity contribution in [1.29, 1.82) is 0 Å². The summed E-state index contributed by atoms with van der Waals surface area (Å²) in [5.74, 6) is -0.121. The number of nitrogens with one attached hydrogen (secondary N) is 2. The van der Waals surface area contributed by atoms with Crippen LogP contribution >= 0.6 is 12.6 Å². The molecule has 0 fully saturated rings. The first kappa shape index (κ1) is 29.8. The molecule has 1 rings (SSSR count). The van der Waals surface area contributed by atoms with Gasteiger partial charge in [-0.05, 0) is 65.9 Å². The van der Waals surface area contributed by atoms with Crippen molar-refractivity contribution in [1.82, 2.24) is 15.5 Å². The molecule has 3 amide bonds. The summed E-state index contributed by atoms with van der Waals surface area (Å²) in [5.41, 5.74) is 0.00277. The fraction of sp³-hybridized carbons (Fsp3) is 0.654. The first-order valence-corrected chi connectivity index (χ1v) is 12.7. The minimum Gasteiger partial charge on any atom is -0.444 e. The smallest absolute Gasteiger partial charge is 0.408 e. The average molecular weight is 494 g/mol. The van der Waals surface area contributed by atoms with Crippen LogP contribution in [0.15, 0.2) is 30.3 Å². The summed E-state index contributed by atoms with van der Waals surface area (Å²) in [4.78, 5) is 41.4. The van der Waals surface area contributed by atoms with E-state index in [1.165, 1.54) is 0 Å². The zero-order valence-electron chi connectivity index (χ0n) is 21.9. The number of carbonyl (C=O) groups excluding carboxylic acids is 3. The fourth-order valence-electron chi connectivity index (χ4n) is 3.56. The minimum atomic E-state index is -0.947. The number of thiol groups is 1. The molecule has 0 aliphatic carbocycles. The van der Waals surface area contributed by atoms with Gasteiger partial charge >= 0.3 is 6.09 Å². The molecule has 0 spiro atoms. The van der Waals surface area contributed by atoms with E-state index >= 15 is 0 Å². The Hall–Kier alpha value is -2.22. The molecule has 1 aromatic rings. The molecule has 0 bridgehead atoms. The van der Waals surface area contributed by atoms with Crippen molar-refractivity contribution in [2.45, 2.75) is 98.0 Å². The number of ether oxygens (including phenoxy) is 1. The molecular weight excluding hydrogens is 450 g/mol. The van der Waals surface area contributed by atoms with Gasteiger partial charge in [0.2, 0.25) is 11.8 Å². The van der Waals surface area contributed by atoms with Gasteiger partial charge in [0, 0.05) is 17.8 Å². The van der Waals surface area contributed by atoms with Gasteiger partial charge in [0.15, 0.2) is 0 Å². The predicted octanol–water partition coefficient (Wildman–Crippen LogP) is 4.73. The lowest BCUT2D eigenvalue weighted by Crippen LogP contribution is -2.56. The normalized spacial score (nSPS) is 14.3. The Kier molecular flexibility index (Phi) is 11.9. The van der Waals surface area contributed by atoms with Crippen LogP contribution < -0.4 is 10.6 Å². The van der Waals surface area contributed by atoms with E-state index < -0.39 is 23.8 Å². The molecule has 0 aliphatic rings. The highest BCUT2D eigenvalue weighted by atomic mass is 32.1. The second-order valence-corrected chi connectivity index (χ2v) is 10.8. The van der Waals surface area contributed by atoms with Crippen LogP contribution in [0.25, 0.3) is 0 Å². The van der Waals surface area contributed by atoms with Crippen molar-refractivity contribution in [3.8, 4) is 0 Å². The van der Waals surface area contributed by atoms with Crippen LogP contribution in [0.4, 0.5) is 4.79 Å². The zero-order valence-corrected chi connectivity index (χ0v) is 22.8. The van der Waals surface area contributed by atoms with E-state index in [0.29, 0.717) is 17.9 Å². The Bertz CT molecular complexity index is 793. The van der Waals surface area contributed by atoms with E-state index in [4.69, 9.17) is 4.74 Å². The molecule has 2 N–H and O–H groups in total. The van der Waals surface area contributed by atoms with E-state index in [-0.39, 0.29) is 29.7 Å². The lowest BCUT2D eigenvalue weighted by atomic mass is 9.97. The highest BCUT2D eigenvalue weighted by Gasteiger charge is 2.38. The number of hydrogen-bond donors (Lipinski definition) is 3. The highest BCUT2D eigenvalue weighted by Crippen LogP contribution is 2.27. The number of alkyl carbamates (subject to hydrolysis) is 1. The quantitative estimate of drug-likeness (QED) is 0.389. The third-order valence-corrected chi connectivity index (χ3v) is 5.50. The molecule has 0 saturated heterocycles. The molecule has 0 aliphatic heterocycles. The van der Waals surface area contributed by atoms with E-state index in [0.717, 1.165) is 6.42 Å². The highest BCUT2D eigenvalue weighted by molar-refractivity contribution is 7.80. The predicted molar refractivity (Wildman–Crippen MR) is 140 cm³/mol. The van der Waals surface area contributed by atoms with Crippen LogP contribution in [-0.4, -0.2) is 52.3 Å². The SMILES string of the molecule is CC(C)CCC(C)N(C(=O)C(CS)NC(=O)OC(C)(C)C)C(C(=O)NC(C)C)c1ccccc1. The zero-order chi connectivity index (χ0) is 26.1. The number of carbonyl (C=O) groups is 3. The number of nitrogens with zero attached hydrogens (tertiary/aromatic N) is 1. The summed E-state index contributed by atoms with van der Waals surface area (Å²) in [6, 6.07) is 7.12. The van der Waals surface area contributed by atoms with Crippen molar-refractivity contribution in [2.75, 3.05) is 5.75 Å². The minimum absolute atomic E-state index is 0.0682. The maximum Gasteiger partial charge on any atom is 0.408 e. The summed E-state index contributed by atoms with van der Waals surface area (Å²) in [6.07, 6.45) is 0.911. The van der Waals surface area contributed by atoms with E-state index in [2.05, 4.69) is 37.1 Å². The second kappa shape index (κ2) is 13.6. The van der Waals surface area contributed by atoms with Crippen LogP contribution in [0.1, 0.15) is 79.8 Å². The van der Waals surface area contributed by atoms with Crippen LogP contribution in [-0.2, 0) is 14.3 Å². The Morgan fingerprint density at radius 2 is 1.56 bits per heavy atom. The summed E-state index contributed by atoms with van der Waals surface area (Å²) in [7, 11) is 0. The van der Waals surface area contributed by atoms with Gasteiger partial charge in [-0.15, -0.1) is 0 Å². The molecule has 0 saturated carbocycles. The third-order valence-electron chi connectivity index (χ3n) is 5.14. The van der Waals surface area contributed by atoms with Gasteiger partial charge in [-0.25, -0.2) is 4.79 Å². The van der Waals surface area contributed by atoms with Gasteiger partial charge in [-0.1, -0.05) is 44.2 Å². The lowest BCUT2D eigenvalue weighted by Gasteiger charge is -2.39. The number of benzene rings is 1. The van der Waals surface area contributed by atoms with Crippen molar-refractivity contribution in [2.24, 2.45) is 5.92 Å². The fourth-order valence-corrected chi connectivity index (χ4v) is 3.81. The molecule has 8 heteroatoms. The van der Waals surface area contributed by atoms with Crippen molar-refractivity contribution < 1.29 is 19.1 Å². The molecule has 34 heavy (non-hydrogen) atoms. The van der Waals surface area contributed by atoms with Gasteiger partial charge in [0.05, 0.1) is 0 Å². The van der Waals surface area contributed by atoms with E-state index in [1.54, 1.807) is 25.7 Å². The Labute approximate surface area is 210 Å². The standard InChI is InChI=1S/C26H43N3O4S/c1-17(2)14-15-19(5)29(24(31)21(16-34)28-25(32)33-26(6,7)8)22(23(30)27-18(3)4)20-12-10-9-11-13-20/h9-13,17-19,21-22,34H,14-16H2,1-8H3,(H,27,30)(H,28,32). The monoisotopic (exact) mass is 493 g/mol. The lowest BCUT2D eigenvalue weighted by molar-refractivity contribution is -0.145. The van der Waals surface area contributed by atoms with Crippen LogP contribution in [0.2, 0.25) is 0 Å². The van der Waals surface area contributed by atoms with Gasteiger partial charge in [0.25, 0.3) is 0 Å². The summed E-state index contributed by atoms with van der Waals surface area (Å²) >= 11 is 4.33. The molecule has 1 aromatic carbocycles. The average Bonchev–Trinajstić information content (AvgIpc) is 2.72. The molecule has 192 valence electrons. The molecule has 0 radical (unpaired) electrons. The molecule has 0 heterocycles. The number of amides is 3. The number of rotatable bonds is 11. The first-order chi connectivity index (χ1) is 15.8. The van der Waals surface area contributed by atoms with Crippen LogP contribution in [0, 0.1) is 5.92 Å². The topological polar surface area (TPSA) is 87.7 Å². The summed E-state index contributed by atoms with van der Waals surface area (Å²) < 4.78 is 5.35. The Balaban J connectivity index is 3.42. The van der Waals surface area contributed by atoms with Gasteiger partial charge in [0.1, 0.15) is 17.7 Å². The Morgan fingerprint density at radius 3 is 2.03 bits per heavy atom. The van der Waals surface area contributed by atoms with Gasteiger partial charge in [-0.2, -0.15) is 12.6 Å². The van der Waals surface area contributed by atoms with Crippen LogP contribution in [0.3, 0.4) is 0 Å². The van der Waals surface area contributed by atoms with Gasteiger partial charge in [-0.3, -0.25) is 9.59 Å². The molecule has 7 nitrogen and oxygen atoms in total.